The number of nitrogen functional groups attached to an aromatic ring is 1. The molecule has 0 amide bonds. The second kappa shape index (κ2) is 3.18. The number of nitrogens with two attached hydrogens (primary N) is 1. The van der Waals surface area contributed by atoms with E-state index in [2.05, 4.69) is 5.10 Å². The number of hydrogen-bond acceptors (Lipinski definition) is 2. The van der Waals surface area contributed by atoms with Crippen molar-refractivity contribution in [2.45, 2.75) is 38.1 Å². The van der Waals surface area contributed by atoms with Crippen LogP contribution in [0.15, 0.2) is 10.9 Å². The van der Waals surface area contributed by atoms with E-state index in [0.717, 1.165) is 23.7 Å². The van der Waals surface area contributed by atoms with E-state index in [9.17, 15) is 4.79 Å². The van der Waals surface area contributed by atoms with Crippen LogP contribution in [0.1, 0.15) is 38.1 Å². The number of hydrogen-bond donors (Lipinski definition) is 2. The first-order chi connectivity index (χ1) is 8.20. The third-order valence-electron chi connectivity index (χ3n) is 5.26. The van der Waals surface area contributed by atoms with Gasteiger partial charge >= 0.3 is 0 Å². The van der Waals surface area contributed by atoms with Crippen molar-refractivity contribution in [3.8, 4) is 0 Å². The summed E-state index contributed by atoms with van der Waals surface area (Å²) in [5, 5.41) is 2.91. The van der Waals surface area contributed by atoms with Crippen molar-refractivity contribution in [2.24, 2.45) is 23.7 Å². The Bertz CT molecular complexity index is 473. The van der Waals surface area contributed by atoms with Crippen LogP contribution in [0.5, 0.6) is 0 Å². The fourth-order valence-electron chi connectivity index (χ4n) is 4.98. The number of anilines is 1. The van der Waals surface area contributed by atoms with Crippen LogP contribution in [0, 0.1) is 23.7 Å². The van der Waals surface area contributed by atoms with Crippen molar-refractivity contribution >= 4 is 5.82 Å². The van der Waals surface area contributed by atoms with Crippen LogP contribution >= 0.6 is 0 Å². The molecule has 4 aliphatic carbocycles. The van der Waals surface area contributed by atoms with Gasteiger partial charge in [-0.3, -0.25) is 14.6 Å². The minimum atomic E-state index is -0.0590. The van der Waals surface area contributed by atoms with Gasteiger partial charge in [0.25, 0.3) is 5.56 Å². The van der Waals surface area contributed by atoms with Gasteiger partial charge in [0.05, 0.1) is 6.04 Å². The Kier molecular flexibility index (Phi) is 1.83. The Balaban J connectivity index is 1.75. The summed E-state index contributed by atoms with van der Waals surface area (Å²) in [5.41, 5.74) is 5.89. The van der Waals surface area contributed by atoms with Crippen molar-refractivity contribution in [3.63, 3.8) is 0 Å². The second-order valence-electron chi connectivity index (χ2n) is 6.34. The lowest BCUT2D eigenvalue weighted by Crippen LogP contribution is -2.46. The number of H-pyrrole nitrogens is 1. The van der Waals surface area contributed by atoms with E-state index in [1.165, 1.54) is 38.2 Å². The topological polar surface area (TPSA) is 63.8 Å². The van der Waals surface area contributed by atoms with E-state index in [-0.39, 0.29) is 5.56 Å². The average molecular weight is 233 g/mol. The van der Waals surface area contributed by atoms with Gasteiger partial charge in [-0.25, -0.2) is 0 Å². The zero-order valence-electron chi connectivity index (χ0n) is 9.93. The Hall–Kier alpha value is -1.19. The molecule has 4 nitrogen and oxygen atoms in total. The summed E-state index contributed by atoms with van der Waals surface area (Å²) in [4.78, 5) is 11.4. The SMILES string of the molecule is Nc1cc(=O)[nH]n1C1C2CC3CC(C2)CC1C3. The molecule has 4 fully saturated rings. The Morgan fingerprint density at radius 1 is 1.12 bits per heavy atom. The van der Waals surface area contributed by atoms with Crippen molar-refractivity contribution in [1.29, 1.82) is 0 Å². The van der Waals surface area contributed by atoms with Gasteiger partial charge in [-0.15, -0.1) is 0 Å². The molecule has 0 radical (unpaired) electrons. The van der Waals surface area contributed by atoms with Crippen LogP contribution in [0.25, 0.3) is 0 Å². The van der Waals surface area contributed by atoms with Gasteiger partial charge in [0.15, 0.2) is 0 Å². The largest absolute Gasteiger partial charge is 0.384 e. The molecule has 3 N–H and O–H groups in total. The average Bonchev–Trinajstić information content (AvgIpc) is 2.56. The monoisotopic (exact) mass is 233 g/mol. The molecule has 0 spiro atoms. The highest BCUT2D eigenvalue weighted by Crippen LogP contribution is 2.58. The second-order valence-corrected chi connectivity index (χ2v) is 6.34. The van der Waals surface area contributed by atoms with Crippen LogP contribution in [0.4, 0.5) is 5.82 Å². The standard InChI is InChI=1S/C13H19N3O/c14-11-6-12(17)15-16(11)13-9-2-7-1-8(4-9)5-10(13)3-7/h6-10,13H,1-5,14H2,(H,15,17). The molecule has 92 valence electrons. The summed E-state index contributed by atoms with van der Waals surface area (Å²) in [6.07, 6.45) is 6.83. The summed E-state index contributed by atoms with van der Waals surface area (Å²) in [7, 11) is 0. The Labute approximate surface area is 100 Å². The molecule has 0 unspecified atom stereocenters. The minimum absolute atomic E-state index is 0.0590. The fraction of sp³-hybridized carbons (Fsp3) is 0.769. The number of aromatic nitrogens is 2. The summed E-state index contributed by atoms with van der Waals surface area (Å²) in [5.74, 6) is 4.02. The van der Waals surface area contributed by atoms with Crippen molar-refractivity contribution in [2.75, 3.05) is 5.73 Å². The predicted molar refractivity (Wildman–Crippen MR) is 65.5 cm³/mol. The van der Waals surface area contributed by atoms with E-state index in [1.54, 1.807) is 0 Å². The molecule has 4 heteroatoms. The van der Waals surface area contributed by atoms with E-state index in [0.29, 0.717) is 11.9 Å². The van der Waals surface area contributed by atoms with Crippen molar-refractivity contribution < 1.29 is 0 Å². The molecule has 0 atom stereocenters. The third-order valence-corrected chi connectivity index (χ3v) is 5.26. The van der Waals surface area contributed by atoms with Gasteiger partial charge in [-0.2, -0.15) is 0 Å². The van der Waals surface area contributed by atoms with E-state index < -0.39 is 0 Å². The highest BCUT2D eigenvalue weighted by molar-refractivity contribution is 5.27. The minimum Gasteiger partial charge on any atom is -0.384 e. The molecule has 0 aliphatic heterocycles. The first-order valence-corrected chi connectivity index (χ1v) is 6.77. The number of nitrogens with one attached hydrogen (secondary N) is 1. The van der Waals surface area contributed by atoms with Gasteiger partial charge in [-0.1, -0.05) is 0 Å². The van der Waals surface area contributed by atoms with Gasteiger partial charge in [-0.05, 0) is 55.8 Å². The smallest absolute Gasteiger partial charge is 0.266 e. The van der Waals surface area contributed by atoms with Crippen LogP contribution in [0.3, 0.4) is 0 Å². The number of rotatable bonds is 1. The first kappa shape index (κ1) is 9.80. The van der Waals surface area contributed by atoms with Crippen LogP contribution in [-0.4, -0.2) is 9.78 Å². The molecule has 0 aromatic carbocycles. The molecule has 1 aromatic heterocycles. The molecule has 1 aromatic rings. The Morgan fingerprint density at radius 2 is 1.71 bits per heavy atom. The maximum Gasteiger partial charge on any atom is 0.266 e. The maximum absolute atomic E-state index is 11.4. The predicted octanol–water partition coefficient (Wildman–Crippen LogP) is 1.76. The van der Waals surface area contributed by atoms with E-state index >= 15 is 0 Å². The summed E-state index contributed by atoms with van der Waals surface area (Å²) < 4.78 is 1.97. The zero-order chi connectivity index (χ0) is 11.6. The number of aromatic amines is 1. The van der Waals surface area contributed by atoms with Crippen molar-refractivity contribution in [3.05, 3.63) is 16.4 Å². The molecular formula is C13H19N3O. The summed E-state index contributed by atoms with van der Waals surface area (Å²) >= 11 is 0. The lowest BCUT2D eigenvalue weighted by atomic mass is 9.54. The molecule has 1 heterocycles. The quantitative estimate of drug-likeness (QED) is 0.776. The highest BCUT2D eigenvalue weighted by Gasteiger charge is 2.49. The molecule has 0 saturated heterocycles. The molecule has 5 rings (SSSR count). The van der Waals surface area contributed by atoms with Crippen LogP contribution in [0.2, 0.25) is 0 Å². The molecule has 4 saturated carbocycles. The van der Waals surface area contributed by atoms with E-state index in [4.69, 9.17) is 5.73 Å². The summed E-state index contributed by atoms with van der Waals surface area (Å²) in [6.45, 7) is 0. The lowest BCUT2D eigenvalue weighted by molar-refractivity contribution is -0.0329. The highest BCUT2D eigenvalue weighted by atomic mass is 16.1. The first-order valence-electron chi connectivity index (χ1n) is 6.77. The van der Waals surface area contributed by atoms with Gasteiger partial charge < -0.3 is 5.73 Å². The number of nitrogens with zero attached hydrogens (tertiary/aromatic N) is 1. The van der Waals surface area contributed by atoms with E-state index in [1.807, 2.05) is 4.68 Å². The van der Waals surface area contributed by atoms with Crippen LogP contribution in [-0.2, 0) is 0 Å². The lowest BCUT2D eigenvalue weighted by Gasteiger charge is -2.54. The maximum atomic E-state index is 11.4. The molecule has 4 aliphatic rings. The zero-order valence-corrected chi connectivity index (χ0v) is 9.93. The van der Waals surface area contributed by atoms with Gasteiger partial charge in [0.2, 0.25) is 0 Å². The van der Waals surface area contributed by atoms with Gasteiger partial charge in [0.1, 0.15) is 5.82 Å². The molecule has 4 bridgehead atoms. The summed E-state index contributed by atoms with van der Waals surface area (Å²) in [6, 6.07) is 1.98. The normalized spacial score (nSPS) is 43.2. The molecular weight excluding hydrogens is 214 g/mol. The fourth-order valence-corrected chi connectivity index (χ4v) is 4.98. The van der Waals surface area contributed by atoms with Crippen LogP contribution < -0.4 is 11.3 Å². The van der Waals surface area contributed by atoms with Crippen molar-refractivity contribution in [1.82, 2.24) is 9.78 Å². The third kappa shape index (κ3) is 1.33. The Morgan fingerprint density at radius 3 is 2.18 bits per heavy atom. The van der Waals surface area contributed by atoms with Gasteiger partial charge in [0, 0.05) is 6.07 Å². The molecule has 17 heavy (non-hydrogen) atoms.